The monoisotopic (exact) mass is 564 g/mol. The van der Waals surface area contributed by atoms with E-state index >= 15 is 0 Å². The lowest BCUT2D eigenvalue weighted by atomic mass is 10.0. The number of halogens is 1. The molecule has 33 heavy (non-hydrogen) atoms. The number of nitrogens with zero attached hydrogens (tertiary/aromatic N) is 4. The number of hydrogen-bond acceptors (Lipinski definition) is 5. The van der Waals surface area contributed by atoms with E-state index in [1.807, 2.05) is 6.20 Å². The van der Waals surface area contributed by atoms with Crippen molar-refractivity contribution in [2.45, 2.75) is 45.4 Å². The predicted molar refractivity (Wildman–Crippen MR) is 147 cm³/mol. The highest BCUT2D eigenvalue weighted by atomic mass is 127. The Hall–Kier alpha value is -2.07. The molecule has 0 amide bonds. The molecule has 2 aliphatic rings. The van der Waals surface area contributed by atoms with Gasteiger partial charge in [0.05, 0.1) is 19.3 Å². The Morgan fingerprint density at radius 2 is 1.91 bits per heavy atom. The van der Waals surface area contributed by atoms with E-state index in [1.165, 1.54) is 11.3 Å². The Balaban J connectivity index is 0.00000306. The van der Waals surface area contributed by atoms with Gasteiger partial charge in [-0.25, -0.2) is 9.98 Å². The minimum absolute atomic E-state index is 0. The number of guanidine groups is 1. The first-order valence-corrected chi connectivity index (χ1v) is 11.9. The largest absolute Gasteiger partial charge is 0.375 e. The molecule has 0 spiro atoms. The zero-order valence-electron chi connectivity index (χ0n) is 19.7. The first kappa shape index (κ1) is 25.6. The number of anilines is 2. The number of aromatic nitrogens is 1. The molecule has 1 aromatic carbocycles. The Morgan fingerprint density at radius 3 is 2.64 bits per heavy atom. The van der Waals surface area contributed by atoms with Crippen LogP contribution >= 0.6 is 24.0 Å². The molecule has 2 fully saturated rings. The second-order valence-corrected chi connectivity index (χ2v) is 8.59. The van der Waals surface area contributed by atoms with Gasteiger partial charge in [0, 0.05) is 50.6 Å². The molecule has 180 valence electrons. The van der Waals surface area contributed by atoms with E-state index in [1.54, 1.807) is 0 Å². The molecule has 3 heterocycles. The summed E-state index contributed by atoms with van der Waals surface area (Å²) in [6, 6.07) is 15.3. The van der Waals surface area contributed by atoms with Crippen LogP contribution in [0.2, 0.25) is 0 Å². The van der Waals surface area contributed by atoms with Gasteiger partial charge in [0.1, 0.15) is 5.82 Å². The van der Waals surface area contributed by atoms with Crippen molar-refractivity contribution in [2.24, 2.45) is 4.99 Å². The van der Waals surface area contributed by atoms with Crippen LogP contribution in [-0.4, -0.2) is 62.4 Å². The van der Waals surface area contributed by atoms with Gasteiger partial charge in [-0.15, -0.1) is 24.0 Å². The van der Waals surface area contributed by atoms with E-state index in [0.717, 1.165) is 63.9 Å². The SMILES string of the molecule is CCNC(=NCc1ccnc(N2CCOC(C)C2)c1)NC1CCN(c2ccccc2)CC1.I. The third-order valence-electron chi connectivity index (χ3n) is 6.10. The maximum atomic E-state index is 5.66. The van der Waals surface area contributed by atoms with Gasteiger partial charge in [0.2, 0.25) is 0 Å². The first-order chi connectivity index (χ1) is 15.7. The summed E-state index contributed by atoms with van der Waals surface area (Å²) >= 11 is 0. The number of para-hydroxylation sites is 1. The van der Waals surface area contributed by atoms with Crippen LogP contribution < -0.4 is 20.4 Å². The highest BCUT2D eigenvalue weighted by Crippen LogP contribution is 2.20. The molecule has 0 bridgehead atoms. The summed E-state index contributed by atoms with van der Waals surface area (Å²) in [6.45, 7) is 10.3. The van der Waals surface area contributed by atoms with Gasteiger partial charge in [-0.3, -0.25) is 0 Å². The molecule has 0 saturated carbocycles. The second kappa shape index (κ2) is 13.0. The van der Waals surface area contributed by atoms with Crippen molar-refractivity contribution in [3.8, 4) is 0 Å². The first-order valence-electron chi connectivity index (χ1n) is 11.9. The van der Waals surface area contributed by atoms with Crippen LogP contribution in [0.1, 0.15) is 32.3 Å². The van der Waals surface area contributed by atoms with Crippen molar-refractivity contribution in [3.63, 3.8) is 0 Å². The smallest absolute Gasteiger partial charge is 0.191 e. The Labute approximate surface area is 215 Å². The van der Waals surface area contributed by atoms with E-state index in [0.29, 0.717) is 12.6 Å². The number of pyridine rings is 1. The van der Waals surface area contributed by atoms with Gasteiger partial charge in [-0.1, -0.05) is 18.2 Å². The van der Waals surface area contributed by atoms with Crippen molar-refractivity contribution in [3.05, 3.63) is 54.2 Å². The minimum Gasteiger partial charge on any atom is -0.375 e. The summed E-state index contributed by atoms with van der Waals surface area (Å²) in [5.41, 5.74) is 2.49. The molecule has 1 unspecified atom stereocenters. The molecular weight excluding hydrogens is 527 g/mol. The maximum Gasteiger partial charge on any atom is 0.191 e. The molecular formula is C25H37IN6O. The van der Waals surface area contributed by atoms with Crippen LogP contribution in [0.25, 0.3) is 0 Å². The second-order valence-electron chi connectivity index (χ2n) is 8.59. The summed E-state index contributed by atoms with van der Waals surface area (Å²) in [4.78, 5) is 14.2. The van der Waals surface area contributed by atoms with Crippen molar-refractivity contribution >= 4 is 41.4 Å². The van der Waals surface area contributed by atoms with Crippen LogP contribution in [0.5, 0.6) is 0 Å². The minimum atomic E-state index is 0. The molecule has 2 aromatic rings. The molecule has 2 N–H and O–H groups in total. The van der Waals surface area contributed by atoms with E-state index in [9.17, 15) is 0 Å². The van der Waals surface area contributed by atoms with Crippen molar-refractivity contribution in [1.29, 1.82) is 0 Å². The topological polar surface area (TPSA) is 65.0 Å². The van der Waals surface area contributed by atoms with Crippen LogP contribution in [0.15, 0.2) is 53.7 Å². The number of aliphatic imine (C=N–C) groups is 1. The summed E-state index contributed by atoms with van der Waals surface area (Å²) in [7, 11) is 0. The molecule has 8 heteroatoms. The predicted octanol–water partition coefficient (Wildman–Crippen LogP) is 3.65. The fourth-order valence-corrected chi connectivity index (χ4v) is 4.36. The fraction of sp³-hybridized carbons (Fsp3) is 0.520. The molecule has 2 aliphatic heterocycles. The Bertz CT molecular complexity index is 872. The highest BCUT2D eigenvalue weighted by Gasteiger charge is 2.20. The van der Waals surface area contributed by atoms with Gasteiger partial charge >= 0.3 is 0 Å². The molecule has 1 atom stereocenters. The fourth-order valence-electron chi connectivity index (χ4n) is 4.36. The summed E-state index contributed by atoms with van der Waals surface area (Å²) in [6.07, 6.45) is 4.34. The van der Waals surface area contributed by atoms with Gasteiger partial charge < -0.3 is 25.2 Å². The standard InChI is InChI=1S/C25H36N6O.HI/c1-3-26-25(29-22-10-13-30(14-11-22)23-7-5-4-6-8-23)28-18-21-9-12-27-24(17-21)31-15-16-32-20(2)19-31;/h4-9,12,17,20,22H,3,10-11,13-16,18-19H2,1-2H3,(H2,26,28,29);1H. The number of morpholine rings is 1. The lowest BCUT2D eigenvalue weighted by Gasteiger charge is -2.34. The number of nitrogens with one attached hydrogen (secondary N) is 2. The number of hydrogen-bond donors (Lipinski definition) is 2. The van der Waals surface area contributed by atoms with Crippen LogP contribution in [0.4, 0.5) is 11.5 Å². The number of ether oxygens (including phenoxy) is 1. The quantitative estimate of drug-likeness (QED) is 0.318. The number of piperidine rings is 1. The lowest BCUT2D eigenvalue weighted by molar-refractivity contribution is 0.0529. The average molecular weight is 565 g/mol. The molecule has 2 saturated heterocycles. The average Bonchev–Trinajstić information content (AvgIpc) is 2.84. The molecule has 4 rings (SSSR count). The van der Waals surface area contributed by atoms with Crippen molar-refractivity contribution < 1.29 is 4.74 Å². The maximum absolute atomic E-state index is 5.66. The highest BCUT2D eigenvalue weighted by molar-refractivity contribution is 14.0. The zero-order valence-corrected chi connectivity index (χ0v) is 22.1. The Morgan fingerprint density at radius 1 is 1.12 bits per heavy atom. The van der Waals surface area contributed by atoms with E-state index in [4.69, 9.17) is 9.73 Å². The lowest BCUT2D eigenvalue weighted by Crippen LogP contribution is -2.48. The van der Waals surface area contributed by atoms with Crippen molar-refractivity contribution in [2.75, 3.05) is 49.1 Å². The van der Waals surface area contributed by atoms with Gasteiger partial charge in [-0.2, -0.15) is 0 Å². The third kappa shape index (κ3) is 7.46. The third-order valence-corrected chi connectivity index (χ3v) is 6.10. The molecule has 7 nitrogen and oxygen atoms in total. The normalized spacial score (nSPS) is 19.7. The van der Waals surface area contributed by atoms with E-state index in [2.05, 4.69) is 81.7 Å². The van der Waals surface area contributed by atoms with Crippen LogP contribution in [0, 0.1) is 0 Å². The van der Waals surface area contributed by atoms with E-state index in [-0.39, 0.29) is 30.1 Å². The molecule has 0 aliphatic carbocycles. The summed E-state index contributed by atoms with van der Waals surface area (Å²) in [5, 5.41) is 7.06. The molecule has 0 radical (unpaired) electrons. The summed E-state index contributed by atoms with van der Waals surface area (Å²) < 4.78 is 5.66. The number of rotatable bonds is 6. The van der Waals surface area contributed by atoms with Gasteiger partial charge in [0.25, 0.3) is 0 Å². The van der Waals surface area contributed by atoms with Gasteiger partial charge in [0.15, 0.2) is 5.96 Å². The van der Waals surface area contributed by atoms with Crippen LogP contribution in [-0.2, 0) is 11.3 Å². The Kier molecular flexibility index (Phi) is 10.1. The van der Waals surface area contributed by atoms with Crippen molar-refractivity contribution in [1.82, 2.24) is 15.6 Å². The number of benzene rings is 1. The van der Waals surface area contributed by atoms with E-state index < -0.39 is 0 Å². The van der Waals surface area contributed by atoms with Crippen LogP contribution in [0.3, 0.4) is 0 Å². The van der Waals surface area contributed by atoms with Gasteiger partial charge in [-0.05, 0) is 56.5 Å². The summed E-state index contributed by atoms with van der Waals surface area (Å²) in [5.74, 6) is 1.91. The zero-order chi connectivity index (χ0) is 22.2. The molecule has 1 aromatic heterocycles.